The molecule has 1 amide bonds. The van der Waals surface area contributed by atoms with Crippen LogP contribution in [0.15, 0.2) is 40.8 Å². The molecule has 0 spiro atoms. The lowest BCUT2D eigenvalue weighted by atomic mass is 10.2. The number of carboxylic acid groups (broad SMARTS) is 1. The third-order valence-electron chi connectivity index (χ3n) is 2.69. The Morgan fingerprint density at radius 1 is 1.25 bits per heavy atom. The van der Waals surface area contributed by atoms with E-state index in [-0.39, 0.29) is 11.7 Å². The molecule has 2 rings (SSSR count). The van der Waals surface area contributed by atoms with Gasteiger partial charge in [-0.05, 0) is 30.3 Å². The van der Waals surface area contributed by atoms with E-state index >= 15 is 0 Å². The van der Waals surface area contributed by atoms with Gasteiger partial charge in [0, 0.05) is 18.3 Å². The molecule has 1 aromatic heterocycles. The number of amides is 1. The molecule has 0 aliphatic heterocycles. The first-order valence-electron chi connectivity index (χ1n) is 5.98. The van der Waals surface area contributed by atoms with E-state index in [0.29, 0.717) is 17.9 Å². The number of benzene rings is 1. The summed E-state index contributed by atoms with van der Waals surface area (Å²) in [4.78, 5) is 22.2. The Kier molecular flexibility index (Phi) is 4.05. The van der Waals surface area contributed by atoms with Gasteiger partial charge in [0.25, 0.3) is 5.91 Å². The van der Waals surface area contributed by atoms with Crippen LogP contribution < -0.4 is 10.6 Å². The zero-order chi connectivity index (χ0) is 14.5. The summed E-state index contributed by atoms with van der Waals surface area (Å²) >= 11 is 0. The van der Waals surface area contributed by atoms with Gasteiger partial charge in [0.1, 0.15) is 5.76 Å². The van der Waals surface area contributed by atoms with Gasteiger partial charge in [-0.25, -0.2) is 4.79 Å². The Balaban J connectivity index is 2.03. The molecule has 0 saturated heterocycles. The minimum atomic E-state index is -1.10. The van der Waals surface area contributed by atoms with Crippen molar-refractivity contribution in [3.05, 3.63) is 53.5 Å². The molecule has 0 radical (unpaired) electrons. The van der Waals surface area contributed by atoms with E-state index in [1.807, 2.05) is 6.07 Å². The lowest BCUT2D eigenvalue weighted by Gasteiger charge is -2.06. The van der Waals surface area contributed by atoms with Gasteiger partial charge in [-0.15, -0.1) is 0 Å². The van der Waals surface area contributed by atoms with E-state index in [2.05, 4.69) is 10.6 Å². The molecule has 2 aromatic rings. The molecular formula is C14H14N2O4. The average molecular weight is 274 g/mol. The van der Waals surface area contributed by atoms with Crippen LogP contribution in [0.4, 0.5) is 5.69 Å². The van der Waals surface area contributed by atoms with Crippen molar-refractivity contribution in [3.63, 3.8) is 0 Å². The monoisotopic (exact) mass is 274 g/mol. The smallest absolute Gasteiger partial charge is 0.371 e. The predicted molar refractivity (Wildman–Crippen MR) is 72.8 cm³/mol. The number of anilines is 1. The van der Waals surface area contributed by atoms with Crippen LogP contribution in [-0.2, 0) is 6.54 Å². The van der Waals surface area contributed by atoms with Crippen LogP contribution in [0.3, 0.4) is 0 Å². The summed E-state index contributed by atoms with van der Waals surface area (Å²) < 4.78 is 5.12. The Morgan fingerprint density at radius 3 is 2.70 bits per heavy atom. The lowest BCUT2D eigenvalue weighted by Crippen LogP contribution is -2.17. The van der Waals surface area contributed by atoms with E-state index in [9.17, 15) is 9.59 Å². The molecule has 20 heavy (non-hydrogen) atoms. The zero-order valence-corrected chi connectivity index (χ0v) is 10.8. The van der Waals surface area contributed by atoms with E-state index in [4.69, 9.17) is 9.52 Å². The van der Waals surface area contributed by atoms with Crippen molar-refractivity contribution < 1.29 is 19.1 Å². The second-order valence-electron chi connectivity index (χ2n) is 4.08. The van der Waals surface area contributed by atoms with Crippen molar-refractivity contribution in [1.29, 1.82) is 0 Å². The molecule has 0 unspecified atom stereocenters. The Labute approximate surface area is 115 Å². The van der Waals surface area contributed by atoms with Gasteiger partial charge in [0.2, 0.25) is 5.76 Å². The summed E-state index contributed by atoms with van der Waals surface area (Å²) in [5.74, 6) is -0.855. The molecule has 0 fully saturated rings. The van der Waals surface area contributed by atoms with Gasteiger partial charge in [0.15, 0.2) is 0 Å². The van der Waals surface area contributed by atoms with Crippen LogP contribution in [0.5, 0.6) is 0 Å². The molecule has 0 saturated carbocycles. The number of carbonyl (C=O) groups is 2. The molecular weight excluding hydrogens is 260 g/mol. The molecule has 0 aliphatic carbocycles. The molecule has 0 bridgehead atoms. The fourth-order valence-electron chi connectivity index (χ4n) is 1.69. The molecule has 6 nitrogen and oxygen atoms in total. The quantitative estimate of drug-likeness (QED) is 0.775. The Morgan fingerprint density at radius 2 is 2.05 bits per heavy atom. The predicted octanol–water partition coefficient (Wildman–Crippen LogP) is 1.95. The fourth-order valence-corrected chi connectivity index (χ4v) is 1.69. The summed E-state index contributed by atoms with van der Waals surface area (Å²) in [6.45, 7) is 0.338. The number of carboxylic acids is 1. The highest BCUT2D eigenvalue weighted by atomic mass is 16.4. The van der Waals surface area contributed by atoms with Crippen molar-refractivity contribution in [2.75, 3.05) is 12.4 Å². The summed E-state index contributed by atoms with van der Waals surface area (Å²) in [6, 6.07) is 9.99. The molecule has 1 aromatic carbocycles. The summed E-state index contributed by atoms with van der Waals surface area (Å²) in [7, 11) is 1.57. The van der Waals surface area contributed by atoms with Crippen molar-refractivity contribution in [2.45, 2.75) is 6.54 Å². The van der Waals surface area contributed by atoms with E-state index in [1.165, 1.54) is 6.07 Å². The third kappa shape index (κ3) is 3.17. The number of rotatable bonds is 5. The van der Waals surface area contributed by atoms with Gasteiger partial charge in [-0.2, -0.15) is 0 Å². The van der Waals surface area contributed by atoms with E-state index in [0.717, 1.165) is 5.69 Å². The van der Waals surface area contributed by atoms with E-state index in [1.54, 1.807) is 31.3 Å². The van der Waals surface area contributed by atoms with Gasteiger partial charge in [-0.3, -0.25) is 4.79 Å². The van der Waals surface area contributed by atoms with Gasteiger partial charge >= 0.3 is 5.97 Å². The SMILES string of the molecule is CNC(=O)c1cccc(NCc2ccc(C(=O)O)o2)c1. The Bertz CT molecular complexity index is 634. The second-order valence-corrected chi connectivity index (χ2v) is 4.08. The van der Waals surface area contributed by atoms with Crippen LogP contribution in [0.2, 0.25) is 0 Å². The highest BCUT2D eigenvalue weighted by Gasteiger charge is 2.09. The first-order chi connectivity index (χ1) is 9.60. The fraction of sp³-hybridized carbons (Fsp3) is 0.143. The first-order valence-corrected chi connectivity index (χ1v) is 5.98. The lowest BCUT2D eigenvalue weighted by molar-refractivity contribution is 0.0660. The van der Waals surface area contributed by atoms with Gasteiger partial charge in [0.05, 0.1) is 6.54 Å². The number of nitrogens with one attached hydrogen (secondary N) is 2. The highest BCUT2D eigenvalue weighted by molar-refractivity contribution is 5.94. The number of furan rings is 1. The van der Waals surface area contributed by atoms with Crippen molar-refractivity contribution in [2.24, 2.45) is 0 Å². The van der Waals surface area contributed by atoms with Crippen LogP contribution in [-0.4, -0.2) is 24.0 Å². The normalized spacial score (nSPS) is 10.1. The minimum Gasteiger partial charge on any atom is -0.475 e. The molecule has 6 heteroatoms. The average Bonchev–Trinajstić information content (AvgIpc) is 2.93. The van der Waals surface area contributed by atoms with Crippen LogP contribution >= 0.6 is 0 Å². The maximum Gasteiger partial charge on any atom is 0.371 e. The minimum absolute atomic E-state index is 0.0964. The topological polar surface area (TPSA) is 91.6 Å². The van der Waals surface area contributed by atoms with E-state index < -0.39 is 5.97 Å². The summed E-state index contributed by atoms with van der Waals surface area (Å²) in [6.07, 6.45) is 0. The van der Waals surface area contributed by atoms with Gasteiger partial charge < -0.3 is 20.2 Å². The standard InChI is InChI=1S/C14H14N2O4/c1-15-13(17)9-3-2-4-10(7-9)16-8-11-5-6-12(20-11)14(18)19/h2-7,16H,8H2,1H3,(H,15,17)(H,18,19). The first kappa shape index (κ1) is 13.7. The molecule has 3 N–H and O–H groups in total. The third-order valence-corrected chi connectivity index (χ3v) is 2.69. The molecule has 1 heterocycles. The highest BCUT2D eigenvalue weighted by Crippen LogP contribution is 2.14. The number of aromatic carboxylic acids is 1. The summed E-state index contributed by atoms with van der Waals surface area (Å²) in [5, 5.41) is 14.4. The number of hydrogen-bond acceptors (Lipinski definition) is 4. The maximum absolute atomic E-state index is 11.5. The van der Waals surface area contributed by atoms with Crippen molar-refractivity contribution in [3.8, 4) is 0 Å². The molecule has 0 atom stereocenters. The second kappa shape index (κ2) is 5.92. The summed E-state index contributed by atoms with van der Waals surface area (Å²) in [5.41, 5.74) is 1.29. The molecule has 104 valence electrons. The van der Waals surface area contributed by atoms with Gasteiger partial charge in [-0.1, -0.05) is 6.07 Å². The number of carbonyl (C=O) groups excluding carboxylic acids is 1. The maximum atomic E-state index is 11.5. The van der Waals surface area contributed by atoms with Crippen molar-refractivity contribution in [1.82, 2.24) is 5.32 Å². The largest absolute Gasteiger partial charge is 0.475 e. The Hall–Kier alpha value is -2.76. The van der Waals surface area contributed by atoms with Crippen LogP contribution in [0.25, 0.3) is 0 Å². The van der Waals surface area contributed by atoms with Crippen LogP contribution in [0, 0.1) is 0 Å². The van der Waals surface area contributed by atoms with Crippen LogP contribution in [0.1, 0.15) is 26.7 Å². The number of hydrogen-bond donors (Lipinski definition) is 3. The van der Waals surface area contributed by atoms with Crippen molar-refractivity contribution >= 4 is 17.6 Å². The zero-order valence-electron chi connectivity index (χ0n) is 10.8. The molecule has 0 aliphatic rings.